The van der Waals surface area contributed by atoms with E-state index in [-0.39, 0.29) is 5.91 Å². The largest absolute Gasteiger partial charge is 0.382 e. The molecule has 1 aromatic rings. The molecule has 0 heterocycles. The van der Waals surface area contributed by atoms with Gasteiger partial charge in [0.05, 0.1) is 0 Å². The first-order valence-corrected chi connectivity index (χ1v) is 7.86. The minimum atomic E-state index is -0.0269. The van der Waals surface area contributed by atoms with Crippen LogP contribution >= 0.6 is 0 Å². The lowest BCUT2D eigenvalue weighted by Gasteiger charge is -2.27. The Morgan fingerprint density at radius 2 is 2.10 bits per heavy atom. The number of carbonyl (C=O) groups is 1. The van der Waals surface area contributed by atoms with E-state index in [0.29, 0.717) is 6.04 Å². The highest BCUT2D eigenvalue weighted by molar-refractivity contribution is 5.89. The second-order valence-electron chi connectivity index (χ2n) is 6.59. The first kappa shape index (κ1) is 14.2. The zero-order valence-electron chi connectivity index (χ0n) is 13.0. The van der Waals surface area contributed by atoms with Gasteiger partial charge in [-0.2, -0.15) is 0 Å². The number of allylic oxidation sites excluding steroid dienone is 2. The van der Waals surface area contributed by atoms with Crippen molar-refractivity contribution in [2.75, 3.05) is 10.6 Å². The molecule has 3 rings (SSSR count). The number of carbonyl (C=O) groups excluding carboxylic acids is 1. The molecule has 4 atom stereocenters. The summed E-state index contributed by atoms with van der Waals surface area (Å²) in [5, 5.41) is 6.50. The Morgan fingerprint density at radius 1 is 1.29 bits per heavy atom. The number of hydrogen-bond donors (Lipinski definition) is 2. The van der Waals surface area contributed by atoms with Crippen LogP contribution in [0.15, 0.2) is 30.4 Å². The van der Waals surface area contributed by atoms with E-state index in [9.17, 15) is 4.79 Å². The average Bonchev–Trinajstić information content (AvgIpc) is 3.04. The zero-order chi connectivity index (χ0) is 15.0. The quantitative estimate of drug-likeness (QED) is 0.822. The van der Waals surface area contributed by atoms with Gasteiger partial charge in [0.25, 0.3) is 0 Å². The van der Waals surface area contributed by atoms with E-state index in [2.05, 4.69) is 41.8 Å². The number of nitrogens with one attached hydrogen (secondary N) is 2. The summed E-state index contributed by atoms with van der Waals surface area (Å²) in [6.45, 7) is 5.86. The molecular weight excluding hydrogens is 260 g/mol. The average molecular weight is 284 g/mol. The monoisotopic (exact) mass is 284 g/mol. The predicted molar refractivity (Wildman–Crippen MR) is 87.4 cm³/mol. The van der Waals surface area contributed by atoms with Crippen molar-refractivity contribution in [3.63, 3.8) is 0 Å². The van der Waals surface area contributed by atoms with Gasteiger partial charge in [0, 0.05) is 24.3 Å². The van der Waals surface area contributed by atoms with E-state index in [1.54, 1.807) is 0 Å². The van der Waals surface area contributed by atoms with Gasteiger partial charge in [0.15, 0.2) is 0 Å². The molecule has 21 heavy (non-hydrogen) atoms. The minimum absolute atomic E-state index is 0.0269. The van der Waals surface area contributed by atoms with Gasteiger partial charge in [-0.3, -0.25) is 4.79 Å². The summed E-state index contributed by atoms with van der Waals surface area (Å²) in [4.78, 5) is 11.1. The van der Waals surface area contributed by atoms with E-state index < -0.39 is 0 Å². The summed E-state index contributed by atoms with van der Waals surface area (Å²) in [5.74, 6) is 2.29. The zero-order valence-corrected chi connectivity index (χ0v) is 13.0. The van der Waals surface area contributed by atoms with Crippen molar-refractivity contribution in [2.45, 2.75) is 39.7 Å². The third kappa shape index (κ3) is 2.97. The topological polar surface area (TPSA) is 41.1 Å². The van der Waals surface area contributed by atoms with Crippen LogP contribution in [0.25, 0.3) is 0 Å². The number of amides is 1. The normalized spacial score (nSPS) is 27.7. The molecule has 1 aromatic carbocycles. The molecule has 112 valence electrons. The highest BCUT2D eigenvalue weighted by atomic mass is 16.1. The van der Waals surface area contributed by atoms with Crippen molar-refractivity contribution in [2.24, 2.45) is 17.8 Å². The van der Waals surface area contributed by atoms with Crippen LogP contribution < -0.4 is 10.6 Å². The summed E-state index contributed by atoms with van der Waals surface area (Å²) in [5.41, 5.74) is 3.12. The third-order valence-electron chi connectivity index (χ3n) is 4.90. The molecule has 1 saturated carbocycles. The van der Waals surface area contributed by atoms with Gasteiger partial charge in [0.2, 0.25) is 5.91 Å². The minimum Gasteiger partial charge on any atom is -0.382 e. The molecule has 1 fully saturated rings. The Kier molecular flexibility index (Phi) is 3.75. The molecule has 2 aliphatic rings. The fraction of sp³-hybridized carbons (Fsp3) is 0.500. The van der Waals surface area contributed by atoms with Gasteiger partial charge in [0.1, 0.15) is 0 Å². The standard InChI is InChI=1S/C18H24N2O/c1-11-8-16(6-7-18(11)20-13(3)21)19-12(2)17-10-14-4-5-15(17)9-14/h4-8,12,14-15,17,19H,9-10H2,1-3H3,(H,20,21). The van der Waals surface area contributed by atoms with Crippen molar-refractivity contribution in [3.8, 4) is 0 Å². The second kappa shape index (κ2) is 5.55. The molecule has 4 unspecified atom stereocenters. The van der Waals surface area contributed by atoms with Crippen LogP contribution in [0.5, 0.6) is 0 Å². The molecule has 3 nitrogen and oxygen atoms in total. The summed E-state index contributed by atoms with van der Waals surface area (Å²) in [6, 6.07) is 6.63. The number of anilines is 2. The Balaban J connectivity index is 1.66. The molecule has 3 heteroatoms. The van der Waals surface area contributed by atoms with Gasteiger partial charge < -0.3 is 10.6 Å². The fourth-order valence-corrected chi connectivity index (χ4v) is 3.85. The van der Waals surface area contributed by atoms with Crippen molar-refractivity contribution >= 4 is 17.3 Å². The van der Waals surface area contributed by atoms with Gasteiger partial charge in [-0.05, 0) is 68.2 Å². The highest BCUT2D eigenvalue weighted by Crippen LogP contribution is 2.45. The van der Waals surface area contributed by atoms with Gasteiger partial charge in [-0.25, -0.2) is 0 Å². The molecular formula is C18H24N2O. The van der Waals surface area contributed by atoms with Crippen molar-refractivity contribution < 1.29 is 4.79 Å². The van der Waals surface area contributed by atoms with Crippen LogP contribution in [0.4, 0.5) is 11.4 Å². The molecule has 2 bridgehead atoms. The Morgan fingerprint density at radius 3 is 2.67 bits per heavy atom. The maximum atomic E-state index is 11.1. The summed E-state index contributed by atoms with van der Waals surface area (Å²) in [7, 11) is 0. The Labute approximate surface area is 126 Å². The summed E-state index contributed by atoms with van der Waals surface area (Å²) in [6.07, 6.45) is 7.46. The molecule has 0 aromatic heterocycles. The number of aryl methyl sites for hydroxylation is 1. The summed E-state index contributed by atoms with van der Waals surface area (Å²) >= 11 is 0. The Bertz CT molecular complexity index is 579. The van der Waals surface area contributed by atoms with E-state index in [1.807, 2.05) is 13.0 Å². The van der Waals surface area contributed by atoms with Gasteiger partial charge in [-0.1, -0.05) is 12.2 Å². The van der Waals surface area contributed by atoms with Crippen LogP contribution in [0.2, 0.25) is 0 Å². The van der Waals surface area contributed by atoms with E-state index in [1.165, 1.54) is 19.8 Å². The molecule has 0 aliphatic heterocycles. The van der Waals surface area contributed by atoms with E-state index in [0.717, 1.165) is 34.7 Å². The van der Waals surface area contributed by atoms with Crippen LogP contribution in [0.1, 0.15) is 32.3 Å². The molecule has 0 radical (unpaired) electrons. The summed E-state index contributed by atoms with van der Waals surface area (Å²) < 4.78 is 0. The Hall–Kier alpha value is -1.77. The lowest BCUT2D eigenvalue weighted by Crippen LogP contribution is -2.28. The number of rotatable bonds is 4. The van der Waals surface area contributed by atoms with Crippen molar-refractivity contribution in [1.82, 2.24) is 0 Å². The van der Waals surface area contributed by atoms with Crippen molar-refractivity contribution in [1.29, 1.82) is 0 Å². The second-order valence-corrected chi connectivity index (χ2v) is 6.59. The molecule has 1 amide bonds. The van der Waals surface area contributed by atoms with Crippen LogP contribution in [-0.2, 0) is 4.79 Å². The lowest BCUT2D eigenvalue weighted by molar-refractivity contribution is -0.114. The van der Waals surface area contributed by atoms with E-state index in [4.69, 9.17) is 0 Å². The molecule has 2 N–H and O–H groups in total. The van der Waals surface area contributed by atoms with Crippen LogP contribution in [0.3, 0.4) is 0 Å². The molecule has 0 spiro atoms. The van der Waals surface area contributed by atoms with Gasteiger partial charge >= 0.3 is 0 Å². The fourth-order valence-electron chi connectivity index (χ4n) is 3.85. The highest BCUT2D eigenvalue weighted by Gasteiger charge is 2.38. The first-order chi connectivity index (χ1) is 10.0. The maximum absolute atomic E-state index is 11.1. The third-order valence-corrected chi connectivity index (χ3v) is 4.90. The lowest BCUT2D eigenvalue weighted by atomic mass is 9.87. The number of fused-ring (bicyclic) bond motifs is 2. The first-order valence-electron chi connectivity index (χ1n) is 7.86. The number of benzene rings is 1. The van der Waals surface area contributed by atoms with Crippen LogP contribution in [0, 0.1) is 24.7 Å². The molecule has 2 aliphatic carbocycles. The van der Waals surface area contributed by atoms with Gasteiger partial charge in [-0.15, -0.1) is 0 Å². The number of hydrogen-bond acceptors (Lipinski definition) is 2. The van der Waals surface area contributed by atoms with Crippen LogP contribution in [-0.4, -0.2) is 11.9 Å². The maximum Gasteiger partial charge on any atom is 0.221 e. The molecule has 0 saturated heterocycles. The predicted octanol–water partition coefficient (Wildman–Crippen LogP) is 3.97. The SMILES string of the molecule is CC(=O)Nc1ccc(NC(C)C2CC3C=CC2C3)cc1C. The van der Waals surface area contributed by atoms with Crippen molar-refractivity contribution in [3.05, 3.63) is 35.9 Å². The van der Waals surface area contributed by atoms with E-state index >= 15 is 0 Å². The smallest absolute Gasteiger partial charge is 0.221 e.